The smallest absolute Gasteiger partial charge is 0.133 e. The fraction of sp³-hybridized carbons (Fsp3) is 0.636. The maximum absolute atomic E-state index is 5.44. The van der Waals surface area contributed by atoms with Crippen LogP contribution in [0.5, 0.6) is 0 Å². The highest BCUT2D eigenvalue weighted by atomic mass is 79.9. The number of nitrogens with zero attached hydrogens (tertiary/aromatic N) is 3. The van der Waals surface area contributed by atoms with Crippen LogP contribution in [0.4, 0.5) is 5.82 Å². The lowest BCUT2D eigenvalue weighted by molar-refractivity contribution is 0.152. The highest BCUT2D eigenvalue weighted by Gasteiger charge is 2.12. The molecule has 1 fully saturated rings. The molecule has 0 spiro atoms. The molecule has 1 aliphatic heterocycles. The van der Waals surface area contributed by atoms with Gasteiger partial charge >= 0.3 is 0 Å². The van der Waals surface area contributed by atoms with E-state index in [4.69, 9.17) is 4.74 Å². The van der Waals surface area contributed by atoms with E-state index in [1.807, 2.05) is 6.07 Å². The number of hydrogen-bond acceptors (Lipinski definition) is 4. The van der Waals surface area contributed by atoms with Gasteiger partial charge in [0.05, 0.1) is 6.61 Å². The summed E-state index contributed by atoms with van der Waals surface area (Å²) in [5, 5.41) is 0. The van der Waals surface area contributed by atoms with E-state index in [0.29, 0.717) is 0 Å². The van der Waals surface area contributed by atoms with E-state index in [1.165, 1.54) is 0 Å². The second-order valence-electron chi connectivity index (χ2n) is 3.77. The van der Waals surface area contributed by atoms with Crippen LogP contribution in [-0.4, -0.2) is 36.3 Å². The third-order valence-corrected chi connectivity index (χ3v) is 3.00. The Labute approximate surface area is 104 Å². The van der Waals surface area contributed by atoms with E-state index >= 15 is 0 Å². The van der Waals surface area contributed by atoms with E-state index in [-0.39, 0.29) is 0 Å². The van der Waals surface area contributed by atoms with Gasteiger partial charge in [0, 0.05) is 32.2 Å². The van der Waals surface area contributed by atoms with E-state index < -0.39 is 0 Å². The summed E-state index contributed by atoms with van der Waals surface area (Å²) in [7, 11) is 0. The summed E-state index contributed by atoms with van der Waals surface area (Å²) >= 11 is 3.43. The fourth-order valence-corrected chi connectivity index (χ4v) is 2.16. The van der Waals surface area contributed by atoms with E-state index in [1.54, 1.807) is 0 Å². The molecule has 1 aromatic rings. The molecule has 1 saturated heterocycles. The lowest BCUT2D eigenvalue weighted by Gasteiger charge is -2.21. The average molecular weight is 286 g/mol. The number of aromatic nitrogens is 2. The van der Waals surface area contributed by atoms with Crippen LogP contribution in [0.1, 0.15) is 19.2 Å². The van der Waals surface area contributed by atoms with Gasteiger partial charge in [-0.25, -0.2) is 9.97 Å². The monoisotopic (exact) mass is 285 g/mol. The Morgan fingerprint density at radius 1 is 1.38 bits per heavy atom. The fourth-order valence-electron chi connectivity index (χ4n) is 1.75. The van der Waals surface area contributed by atoms with Crippen molar-refractivity contribution in [3.8, 4) is 0 Å². The van der Waals surface area contributed by atoms with Crippen LogP contribution in [0.25, 0.3) is 0 Å². The van der Waals surface area contributed by atoms with Crippen LogP contribution in [0.3, 0.4) is 0 Å². The first-order valence-electron chi connectivity index (χ1n) is 5.65. The minimum absolute atomic E-state index is 0.781. The van der Waals surface area contributed by atoms with Crippen LogP contribution in [-0.2, 0) is 11.2 Å². The molecule has 1 aliphatic rings. The van der Waals surface area contributed by atoms with Crippen molar-refractivity contribution < 1.29 is 4.74 Å². The first kappa shape index (κ1) is 11.8. The maximum atomic E-state index is 5.44. The molecule has 5 heteroatoms. The van der Waals surface area contributed by atoms with Crippen molar-refractivity contribution in [1.29, 1.82) is 0 Å². The molecule has 0 saturated carbocycles. The summed E-state index contributed by atoms with van der Waals surface area (Å²) in [6.45, 7) is 5.61. The molecule has 0 unspecified atom stereocenters. The first-order valence-corrected chi connectivity index (χ1v) is 6.45. The van der Waals surface area contributed by atoms with E-state index in [2.05, 4.69) is 37.7 Å². The largest absolute Gasteiger partial charge is 0.380 e. The third kappa shape index (κ3) is 2.92. The van der Waals surface area contributed by atoms with Crippen LogP contribution >= 0.6 is 15.9 Å². The zero-order valence-electron chi connectivity index (χ0n) is 9.45. The van der Waals surface area contributed by atoms with Crippen molar-refractivity contribution in [2.75, 3.05) is 31.2 Å². The van der Waals surface area contributed by atoms with Crippen LogP contribution < -0.4 is 4.90 Å². The van der Waals surface area contributed by atoms with Crippen molar-refractivity contribution in [3.05, 3.63) is 16.5 Å². The van der Waals surface area contributed by atoms with Gasteiger partial charge in [-0.2, -0.15) is 0 Å². The summed E-state index contributed by atoms with van der Waals surface area (Å²) < 4.78 is 6.30. The zero-order valence-corrected chi connectivity index (χ0v) is 11.0. The maximum Gasteiger partial charge on any atom is 0.133 e. The van der Waals surface area contributed by atoms with E-state index in [9.17, 15) is 0 Å². The number of aryl methyl sites for hydroxylation is 1. The predicted molar refractivity (Wildman–Crippen MR) is 66.8 cm³/mol. The van der Waals surface area contributed by atoms with Crippen molar-refractivity contribution in [2.45, 2.75) is 19.8 Å². The van der Waals surface area contributed by atoms with Gasteiger partial charge in [0.15, 0.2) is 0 Å². The Kier molecular flexibility index (Phi) is 4.12. The highest BCUT2D eigenvalue weighted by Crippen LogP contribution is 2.18. The van der Waals surface area contributed by atoms with Crippen molar-refractivity contribution in [3.63, 3.8) is 0 Å². The van der Waals surface area contributed by atoms with Gasteiger partial charge in [-0.1, -0.05) is 6.92 Å². The lowest BCUT2D eigenvalue weighted by atomic mass is 10.3. The van der Waals surface area contributed by atoms with Gasteiger partial charge in [0.2, 0.25) is 0 Å². The van der Waals surface area contributed by atoms with Crippen LogP contribution in [0.2, 0.25) is 0 Å². The normalized spacial score (nSPS) is 17.2. The molecule has 1 aromatic heterocycles. The molecule has 0 N–H and O–H groups in total. The molecule has 2 heterocycles. The molecular weight excluding hydrogens is 270 g/mol. The minimum atomic E-state index is 0.781. The number of ether oxygens (including phenoxy) is 1. The standard InChI is InChI=1S/C11H16BrN3O/c1-2-10-13-9(12)8-11(14-10)15-4-3-6-16-7-5-15/h8H,2-7H2,1H3. The van der Waals surface area contributed by atoms with Crippen LogP contribution in [0.15, 0.2) is 10.7 Å². The van der Waals surface area contributed by atoms with Crippen molar-refractivity contribution >= 4 is 21.7 Å². The molecule has 0 radical (unpaired) electrons. The number of halogens is 1. The Bertz CT molecular complexity index is 351. The quantitative estimate of drug-likeness (QED) is 0.780. The molecule has 0 bridgehead atoms. The summed E-state index contributed by atoms with van der Waals surface area (Å²) in [4.78, 5) is 11.1. The Morgan fingerprint density at radius 2 is 2.25 bits per heavy atom. The summed E-state index contributed by atoms with van der Waals surface area (Å²) in [6.07, 6.45) is 1.92. The summed E-state index contributed by atoms with van der Waals surface area (Å²) in [5.41, 5.74) is 0. The third-order valence-electron chi connectivity index (χ3n) is 2.59. The first-order chi connectivity index (χ1) is 7.79. The second kappa shape index (κ2) is 5.59. The predicted octanol–water partition coefficient (Wildman–Crippen LogP) is 2.03. The van der Waals surface area contributed by atoms with Crippen LogP contribution in [0, 0.1) is 0 Å². The minimum Gasteiger partial charge on any atom is -0.380 e. The number of anilines is 1. The zero-order chi connectivity index (χ0) is 11.4. The molecular formula is C11H16BrN3O. The van der Waals surface area contributed by atoms with Gasteiger partial charge in [-0.05, 0) is 22.4 Å². The SMILES string of the molecule is CCc1nc(Br)cc(N2CCCOCC2)n1. The topological polar surface area (TPSA) is 38.2 Å². The number of hydrogen-bond donors (Lipinski definition) is 0. The van der Waals surface area contributed by atoms with Gasteiger partial charge in [0.1, 0.15) is 16.2 Å². The van der Waals surface area contributed by atoms with Gasteiger partial charge < -0.3 is 9.64 Å². The number of rotatable bonds is 2. The second-order valence-corrected chi connectivity index (χ2v) is 4.58. The molecule has 16 heavy (non-hydrogen) atoms. The summed E-state index contributed by atoms with van der Waals surface area (Å²) in [5.74, 6) is 1.89. The summed E-state index contributed by atoms with van der Waals surface area (Å²) in [6, 6.07) is 1.98. The van der Waals surface area contributed by atoms with Gasteiger partial charge in [-0.3, -0.25) is 0 Å². The lowest BCUT2D eigenvalue weighted by Crippen LogP contribution is -2.27. The molecule has 0 aliphatic carbocycles. The molecule has 2 rings (SSSR count). The Morgan fingerprint density at radius 3 is 3.06 bits per heavy atom. The van der Waals surface area contributed by atoms with Gasteiger partial charge in [-0.15, -0.1) is 0 Å². The Hall–Kier alpha value is -0.680. The highest BCUT2D eigenvalue weighted by molar-refractivity contribution is 9.10. The van der Waals surface area contributed by atoms with Gasteiger partial charge in [0.25, 0.3) is 0 Å². The van der Waals surface area contributed by atoms with Crippen molar-refractivity contribution in [2.24, 2.45) is 0 Å². The van der Waals surface area contributed by atoms with Crippen molar-refractivity contribution in [1.82, 2.24) is 9.97 Å². The molecule has 4 nitrogen and oxygen atoms in total. The molecule has 0 amide bonds. The average Bonchev–Trinajstić information content (AvgIpc) is 2.56. The van der Waals surface area contributed by atoms with E-state index in [0.717, 1.165) is 55.4 Å². The molecule has 0 atom stereocenters. The molecule has 0 aromatic carbocycles. The molecule has 88 valence electrons. The Balaban J connectivity index is 2.20.